The van der Waals surface area contributed by atoms with Crippen LogP contribution in [0.4, 0.5) is 0 Å². The highest BCUT2D eigenvalue weighted by atomic mass is 16.2. The number of carbonyl (C=O) groups is 1. The number of piperidine rings is 1. The molecular formula is C19H22N2O. The fraction of sp³-hybridized carbons (Fsp3) is 0.368. The Labute approximate surface area is 132 Å². The number of amides is 1. The maximum atomic E-state index is 12.7. The first-order chi connectivity index (χ1) is 10.6. The number of benzene rings is 1. The number of rotatable bonds is 2. The van der Waals surface area contributed by atoms with Crippen molar-refractivity contribution in [3.63, 3.8) is 0 Å². The lowest BCUT2D eigenvalue weighted by Gasteiger charge is -2.40. The quantitative estimate of drug-likeness (QED) is 0.848. The first-order valence-electron chi connectivity index (χ1n) is 7.86. The molecule has 3 rings (SSSR count). The highest BCUT2D eigenvalue weighted by Crippen LogP contribution is 2.33. The van der Waals surface area contributed by atoms with Crippen LogP contribution in [0.25, 0.3) is 0 Å². The SMILES string of the molecule is Cc1ccc(C(=O)N2CCCC(C)(c3ccccc3)C2)nc1. The molecule has 114 valence electrons. The molecule has 1 aliphatic rings. The van der Waals surface area contributed by atoms with Crippen molar-refractivity contribution >= 4 is 5.91 Å². The summed E-state index contributed by atoms with van der Waals surface area (Å²) in [5.74, 6) is 0.0434. The number of nitrogens with zero attached hydrogens (tertiary/aromatic N) is 2. The van der Waals surface area contributed by atoms with Crippen LogP contribution in [-0.2, 0) is 5.41 Å². The van der Waals surface area contributed by atoms with Crippen LogP contribution in [-0.4, -0.2) is 28.9 Å². The maximum Gasteiger partial charge on any atom is 0.272 e. The van der Waals surface area contributed by atoms with Gasteiger partial charge < -0.3 is 4.90 Å². The molecule has 1 unspecified atom stereocenters. The Morgan fingerprint density at radius 2 is 1.95 bits per heavy atom. The summed E-state index contributed by atoms with van der Waals surface area (Å²) < 4.78 is 0. The average Bonchev–Trinajstić information content (AvgIpc) is 2.56. The van der Waals surface area contributed by atoms with Crippen molar-refractivity contribution < 1.29 is 4.79 Å². The summed E-state index contributed by atoms with van der Waals surface area (Å²) in [5, 5.41) is 0. The zero-order valence-electron chi connectivity index (χ0n) is 13.2. The van der Waals surface area contributed by atoms with Gasteiger partial charge in [-0.15, -0.1) is 0 Å². The summed E-state index contributed by atoms with van der Waals surface area (Å²) in [5.41, 5.74) is 2.96. The molecule has 2 aromatic rings. The van der Waals surface area contributed by atoms with Gasteiger partial charge in [-0.05, 0) is 37.0 Å². The molecule has 0 N–H and O–H groups in total. The lowest BCUT2D eigenvalue weighted by Crippen LogP contribution is -2.47. The van der Waals surface area contributed by atoms with Crippen LogP contribution < -0.4 is 0 Å². The molecule has 3 nitrogen and oxygen atoms in total. The zero-order chi connectivity index (χ0) is 15.6. The monoisotopic (exact) mass is 294 g/mol. The van der Waals surface area contributed by atoms with Crippen LogP contribution in [0.2, 0.25) is 0 Å². The van der Waals surface area contributed by atoms with E-state index in [9.17, 15) is 4.79 Å². The van der Waals surface area contributed by atoms with Crippen molar-refractivity contribution in [2.45, 2.75) is 32.1 Å². The first-order valence-corrected chi connectivity index (χ1v) is 7.86. The average molecular weight is 294 g/mol. The summed E-state index contributed by atoms with van der Waals surface area (Å²) in [6.07, 6.45) is 3.90. The van der Waals surface area contributed by atoms with Gasteiger partial charge in [0.25, 0.3) is 5.91 Å². The highest BCUT2D eigenvalue weighted by molar-refractivity contribution is 5.92. The van der Waals surface area contributed by atoms with Crippen LogP contribution in [0.5, 0.6) is 0 Å². The Kier molecular flexibility index (Phi) is 3.97. The predicted molar refractivity (Wildman–Crippen MR) is 87.9 cm³/mol. The van der Waals surface area contributed by atoms with Crippen LogP contribution in [0.1, 0.15) is 41.4 Å². The van der Waals surface area contributed by atoms with Gasteiger partial charge in [-0.1, -0.05) is 43.3 Å². The van der Waals surface area contributed by atoms with Gasteiger partial charge in [0, 0.05) is 24.7 Å². The van der Waals surface area contributed by atoms with Gasteiger partial charge in [-0.25, -0.2) is 0 Å². The first kappa shape index (κ1) is 14.8. The number of carbonyl (C=O) groups excluding carboxylic acids is 1. The van der Waals surface area contributed by atoms with Crippen molar-refractivity contribution in [3.05, 3.63) is 65.5 Å². The number of hydrogen-bond acceptors (Lipinski definition) is 2. The minimum absolute atomic E-state index is 0.0276. The maximum absolute atomic E-state index is 12.7. The molecule has 1 fully saturated rings. The van der Waals surface area contributed by atoms with Gasteiger partial charge in [0.15, 0.2) is 0 Å². The van der Waals surface area contributed by atoms with Crippen LogP contribution in [0.3, 0.4) is 0 Å². The number of hydrogen-bond donors (Lipinski definition) is 0. The zero-order valence-corrected chi connectivity index (χ0v) is 13.2. The minimum Gasteiger partial charge on any atom is -0.336 e. The Morgan fingerprint density at radius 3 is 2.64 bits per heavy atom. The molecule has 1 amide bonds. The molecule has 1 aliphatic heterocycles. The van der Waals surface area contributed by atoms with Crippen LogP contribution in [0.15, 0.2) is 48.7 Å². The van der Waals surface area contributed by atoms with E-state index in [4.69, 9.17) is 0 Å². The van der Waals surface area contributed by atoms with Crippen molar-refractivity contribution in [1.82, 2.24) is 9.88 Å². The minimum atomic E-state index is 0.0276. The van der Waals surface area contributed by atoms with E-state index < -0.39 is 0 Å². The normalized spacial score (nSPS) is 21.6. The third-order valence-electron chi connectivity index (χ3n) is 4.58. The molecule has 0 saturated carbocycles. The Balaban J connectivity index is 1.81. The van der Waals surface area contributed by atoms with Crippen molar-refractivity contribution in [1.29, 1.82) is 0 Å². The second kappa shape index (κ2) is 5.91. The Morgan fingerprint density at radius 1 is 1.18 bits per heavy atom. The van der Waals surface area contributed by atoms with Crippen molar-refractivity contribution in [2.75, 3.05) is 13.1 Å². The van der Waals surface area contributed by atoms with E-state index in [1.54, 1.807) is 6.20 Å². The van der Waals surface area contributed by atoms with Gasteiger partial charge in [-0.2, -0.15) is 0 Å². The topological polar surface area (TPSA) is 33.2 Å². The van der Waals surface area contributed by atoms with E-state index in [1.165, 1.54) is 5.56 Å². The van der Waals surface area contributed by atoms with Crippen LogP contribution in [0, 0.1) is 6.92 Å². The summed E-state index contributed by atoms with van der Waals surface area (Å²) in [6, 6.07) is 14.3. The van der Waals surface area contributed by atoms with Gasteiger partial charge >= 0.3 is 0 Å². The number of pyridine rings is 1. The lowest BCUT2D eigenvalue weighted by molar-refractivity contribution is 0.0645. The van der Waals surface area contributed by atoms with E-state index >= 15 is 0 Å². The summed E-state index contributed by atoms with van der Waals surface area (Å²) >= 11 is 0. The smallest absolute Gasteiger partial charge is 0.272 e. The predicted octanol–water partition coefficient (Wildman–Crippen LogP) is 3.58. The summed E-state index contributed by atoms with van der Waals surface area (Å²) in [4.78, 5) is 18.9. The Bertz CT molecular complexity index is 651. The van der Waals surface area contributed by atoms with Gasteiger partial charge in [0.2, 0.25) is 0 Å². The lowest BCUT2D eigenvalue weighted by atomic mass is 9.76. The Hall–Kier alpha value is -2.16. The number of aryl methyl sites for hydroxylation is 1. The van der Waals surface area contributed by atoms with Gasteiger partial charge in [0.1, 0.15) is 5.69 Å². The summed E-state index contributed by atoms with van der Waals surface area (Å²) in [6.45, 7) is 5.81. The van der Waals surface area contributed by atoms with Gasteiger partial charge in [0.05, 0.1) is 0 Å². The molecule has 3 heteroatoms. The molecular weight excluding hydrogens is 272 g/mol. The molecule has 0 bridgehead atoms. The van der Waals surface area contributed by atoms with Crippen LogP contribution >= 0.6 is 0 Å². The molecule has 0 aliphatic carbocycles. The second-order valence-electron chi connectivity index (χ2n) is 6.48. The molecule has 22 heavy (non-hydrogen) atoms. The number of likely N-dealkylation sites (tertiary alicyclic amines) is 1. The molecule has 0 radical (unpaired) electrons. The van der Waals surface area contributed by atoms with Crippen molar-refractivity contribution in [2.24, 2.45) is 0 Å². The third-order valence-corrected chi connectivity index (χ3v) is 4.58. The van der Waals surface area contributed by atoms with E-state index in [0.29, 0.717) is 5.69 Å². The van der Waals surface area contributed by atoms with Gasteiger partial charge in [-0.3, -0.25) is 9.78 Å². The molecule has 1 atom stereocenters. The molecule has 2 heterocycles. The van der Waals surface area contributed by atoms with E-state index in [0.717, 1.165) is 31.5 Å². The van der Waals surface area contributed by atoms with E-state index in [2.05, 4.69) is 36.2 Å². The molecule has 1 aromatic carbocycles. The standard InChI is InChI=1S/C19H22N2O/c1-15-9-10-17(20-13-15)18(22)21-12-6-11-19(2,14-21)16-7-4-3-5-8-16/h3-5,7-10,13H,6,11-12,14H2,1-2H3. The highest BCUT2D eigenvalue weighted by Gasteiger charge is 2.34. The third kappa shape index (κ3) is 2.89. The van der Waals surface area contributed by atoms with E-state index in [1.807, 2.05) is 30.0 Å². The molecule has 1 saturated heterocycles. The largest absolute Gasteiger partial charge is 0.336 e. The summed E-state index contributed by atoms with van der Waals surface area (Å²) in [7, 11) is 0. The fourth-order valence-corrected chi connectivity index (χ4v) is 3.25. The fourth-order valence-electron chi connectivity index (χ4n) is 3.25. The molecule has 1 aromatic heterocycles. The van der Waals surface area contributed by atoms with Crippen molar-refractivity contribution in [3.8, 4) is 0 Å². The second-order valence-corrected chi connectivity index (χ2v) is 6.48. The number of aromatic nitrogens is 1. The van der Waals surface area contributed by atoms with E-state index in [-0.39, 0.29) is 11.3 Å². The molecule has 0 spiro atoms.